The molecule has 1 N–H and O–H groups in total. The Morgan fingerprint density at radius 3 is 2.58 bits per heavy atom. The Hall–Kier alpha value is -1.51. The summed E-state index contributed by atoms with van der Waals surface area (Å²) in [6.07, 6.45) is 2.34. The largest absolute Gasteiger partial charge is 0.324 e. The average Bonchev–Trinajstić information content (AvgIpc) is 2.39. The minimum Gasteiger partial charge on any atom is -0.324 e. The Kier molecular flexibility index (Phi) is 4.46. The van der Waals surface area contributed by atoms with Gasteiger partial charge >= 0.3 is 6.03 Å². The summed E-state index contributed by atoms with van der Waals surface area (Å²) in [7, 11) is 0. The molecule has 0 aromatic heterocycles. The van der Waals surface area contributed by atoms with Crippen molar-refractivity contribution in [3.8, 4) is 0 Å². The van der Waals surface area contributed by atoms with Gasteiger partial charge in [-0.1, -0.05) is 32.9 Å². The zero-order chi connectivity index (χ0) is 13.8. The van der Waals surface area contributed by atoms with Gasteiger partial charge < -0.3 is 10.2 Å². The van der Waals surface area contributed by atoms with Crippen molar-refractivity contribution in [2.45, 2.75) is 39.5 Å². The zero-order valence-electron chi connectivity index (χ0n) is 12.1. The number of rotatable bonds is 2. The van der Waals surface area contributed by atoms with E-state index in [0.29, 0.717) is 11.8 Å². The van der Waals surface area contributed by atoms with Crippen LogP contribution in [0.2, 0.25) is 0 Å². The van der Waals surface area contributed by atoms with E-state index in [1.54, 1.807) is 0 Å². The van der Waals surface area contributed by atoms with E-state index in [0.717, 1.165) is 25.2 Å². The van der Waals surface area contributed by atoms with Crippen LogP contribution in [0.4, 0.5) is 10.5 Å². The highest BCUT2D eigenvalue weighted by atomic mass is 16.2. The summed E-state index contributed by atoms with van der Waals surface area (Å²) in [6, 6.07) is 8.17. The molecule has 0 aliphatic carbocycles. The van der Waals surface area contributed by atoms with E-state index in [2.05, 4.69) is 38.2 Å². The lowest BCUT2D eigenvalue weighted by molar-refractivity contribution is 0.182. The van der Waals surface area contributed by atoms with Crippen molar-refractivity contribution in [2.75, 3.05) is 18.4 Å². The molecule has 1 unspecified atom stereocenters. The van der Waals surface area contributed by atoms with Crippen LogP contribution in [-0.2, 0) is 0 Å². The fraction of sp³-hybridized carbons (Fsp3) is 0.562. The van der Waals surface area contributed by atoms with Gasteiger partial charge in [0.15, 0.2) is 0 Å². The predicted octanol–water partition coefficient (Wildman–Crippen LogP) is 4.07. The fourth-order valence-corrected chi connectivity index (χ4v) is 2.53. The van der Waals surface area contributed by atoms with Gasteiger partial charge in [0, 0.05) is 18.8 Å². The number of amides is 2. The van der Waals surface area contributed by atoms with Crippen molar-refractivity contribution >= 4 is 11.7 Å². The molecule has 0 saturated carbocycles. The van der Waals surface area contributed by atoms with Gasteiger partial charge in [-0.25, -0.2) is 4.79 Å². The summed E-state index contributed by atoms with van der Waals surface area (Å²) in [4.78, 5) is 14.1. The lowest BCUT2D eigenvalue weighted by Gasteiger charge is -2.30. The number of hydrogen-bond donors (Lipinski definition) is 1. The smallest absolute Gasteiger partial charge is 0.321 e. The number of anilines is 1. The Morgan fingerprint density at radius 2 is 2.00 bits per heavy atom. The molecule has 19 heavy (non-hydrogen) atoms. The Bertz CT molecular complexity index is 425. The van der Waals surface area contributed by atoms with Crippen molar-refractivity contribution < 1.29 is 4.79 Å². The summed E-state index contributed by atoms with van der Waals surface area (Å²) in [5.74, 6) is 1.13. The first-order valence-electron chi connectivity index (χ1n) is 7.22. The van der Waals surface area contributed by atoms with Gasteiger partial charge in [0.1, 0.15) is 0 Å². The van der Waals surface area contributed by atoms with Crippen LogP contribution in [0.15, 0.2) is 24.3 Å². The van der Waals surface area contributed by atoms with Crippen LogP contribution in [0.25, 0.3) is 0 Å². The van der Waals surface area contributed by atoms with Crippen molar-refractivity contribution in [2.24, 2.45) is 5.92 Å². The fourth-order valence-electron chi connectivity index (χ4n) is 2.53. The molecule has 1 fully saturated rings. The molecule has 2 amide bonds. The molecular weight excluding hydrogens is 236 g/mol. The Morgan fingerprint density at radius 1 is 1.32 bits per heavy atom. The number of nitrogens with one attached hydrogen (secondary N) is 1. The standard InChI is InChI=1S/C16H24N2O/c1-12(2)14-6-8-15(9-7-14)17-16(19)18-10-4-5-13(3)11-18/h6-9,12-13H,4-5,10-11H2,1-3H3,(H,17,19). The van der Waals surface area contributed by atoms with Gasteiger partial charge in [-0.15, -0.1) is 0 Å². The van der Waals surface area contributed by atoms with Crippen LogP contribution >= 0.6 is 0 Å². The van der Waals surface area contributed by atoms with Crippen LogP contribution in [0, 0.1) is 5.92 Å². The number of carbonyl (C=O) groups is 1. The quantitative estimate of drug-likeness (QED) is 0.854. The first-order valence-corrected chi connectivity index (χ1v) is 7.22. The van der Waals surface area contributed by atoms with Gasteiger partial charge in [-0.2, -0.15) is 0 Å². The average molecular weight is 260 g/mol. The van der Waals surface area contributed by atoms with E-state index in [1.807, 2.05) is 17.0 Å². The van der Waals surface area contributed by atoms with Crippen LogP contribution < -0.4 is 5.32 Å². The maximum atomic E-state index is 12.1. The number of likely N-dealkylation sites (tertiary alicyclic amines) is 1. The topological polar surface area (TPSA) is 32.3 Å². The molecule has 1 heterocycles. The highest BCUT2D eigenvalue weighted by Crippen LogP contribution is 2.19. The first-order chi connectivity index (χ1) is 9.06. The highest BCUT2D eigenvalue weighted by Gasteiger charge is 2.20. The number of hydrogen-bond acceptors (Lipinski definition) is 1. The maximum absolute atomic E-state index is 12.1. The van der Waals surface area contributed by atoms with Crippen molar-refractivity contribution in [1.29, 1.82) is 0 Å². The summed E-state index contributed by atoms with van der Waals surface area (Å²) >= 11 is 0. The molecule has 1 atom stereocenters. The lowest BCUT2D eigenvalue weighted by Crippen LogP contribution is -2.41. The second kappa shape index (κ2) is 6.09. The summed E-state index contributed by atoms with van der Waals surface area (Å²) in [6.45, 7) is 8.29. The molecular formula is C16H24N2O. The van der Waals surface area contributed by atoms with Crippen molar-refractivity contribution in [3.05, 3.63) is 29.8 Å². The van der Waals surface area contributed by atoms with E-state index in [4.69, 9.17) is 0 Å². The molecule has 3 nitrogen and oxygen atoms in total. The maximum Gasteiger partial charge on any atom is 0.321 e. The molecule has 1 aromatic rings. The molecule has 0 radical (unpaired) electrons. The van der Waals surface area contributed by atoms with E-state index in [9.17, 15) is 4.79 Å². The minimum atomic E-state index is 0.0313. The van der Waals surface area contributed by atoms with Crippen LogP contribution in [0.3, 0.4) is 0 Å². The second-order valence-electron chi connectivity index (χ2n) is 5.90. The number of benzene rings is 1. The SMILES string of the molecule is CC1CCCN(C(=O)Nc2ccc(C(C)C)cc2)C1. The van der Waals surface area contributed by atoms with Gasteiger partial charge in [0.05, 0.1) is 0 Å². The Balaban J connectivity index is 1.94. The molecule has 1 aliphatic rings. The third kappa shape index (κ3) is 3.72. The van der Waals surface area contributed by atoms with Crippen molar-refractivity contribution in [1.82, 2.24) is 4.90 Å². The summed E-state index contributed by atoms with van der Waals surface area (Å²) in [5, 5.41) is 2.99. The number of urea groups is 1. The van der Waals surface area contributed by atoms with Gasteiger partial charge in [0.25, 0.3) is 0 Å². The van der Waals surface area contributed by atoms with Gasteiger partial charge in [-0.05, 0) is 42.4 Å². The van der Waals surface area contributed by atoms with E-state index in [-0.39, 0.29) is 6.03 Å². The van der Waals surface area contributed by atoms with E-state index in [1.165, 1.54) is 12.0 Å². The lowest BCUT2D eigenvalue weighted by atomic mass is 10.0. The van der Waals surface area contributed by atoms with Crippen LogP contribution in [0.1, 0.15) is 45.1 Å². The monoisotopic (exact) mass is 260 g/mol. The molecule has 1 aromatic carbocycles. The number of piperidine rings is 1. The predicted molar refractivity (Wildman–Crippen MR) is 79.5 cm³/mol. The van der Waals surface area contributed by atoms with Crippen LogP contribution in [-0.4, -0.2) is 24.0 Å². The number of carbonyl (C=O) groups excluding carboxylic acids is 1. The molecule has 0 spiro atoms. The van der Waals surface area contributed by atoms with E-state index < -0.39 is 0 Å². The zero-order valence-corrected chi connectivity index (χ0v) is 12.1. The molecule has 1 aliphatic heterocycles. The first kappa shape index (κ1) is 13.9. The van der Waals surface area contributed by atoms with Crippen LogP contribution in [0.5, 0.6) is 0 Å². The van der Waals surface area contributed by atoms with E-state index >= 15 is 0 Å². The highest BCUT2D eigenvalue weighted by molar-refractivity contribution is 5.89. The normalized spacial score (nSPS) is 19.6. The van der Waals surface area contributed by atoms with Gasteiger partial charge in [0.2, 0.25) is 0 Å². The molecule has 3 heteroatoms. The summed E-state index contributed by atoms with van der Waals surface area (Å²) in [5.41, 5.74) is 2.18. The Labute approximate surface area is 116 Å². The minimum absolute atomic E-state index is 0.0313. The molecule has 2 rings (SSSR count). The van der Waals surface area contributed by atoms with Gasteiger partial charge in [-0.3, -0.25) is 0 Å². The molecule has 104 valence electrons. The third-order valence-corrected chi connectivity index (χ3v) is 3.77. The van der Waals surface area contributed by atoms with Crippen molar-refractivity contribution in [3.63, 3.8) is 0 Å². The second-order valence-corrected chi connectivity index (χ2v) is 5.90. The number of nitrogens with zero attached hydrogens (tertiary/aromatic N) is 1. The molecule has 1 saturated heterocycles. The molecule has 0 bridgehead atoms. The summed E-state index contributed by atoms with van der Waals surface area (Å²) < 4.78 is 0. The third-order valence-electron chi connectivity index (χ3n) is 3.77.